The van der Waals surface area contributed by atoms with Gasteiger partial charge in [0.15, 0.2) is 0 Å². The molecule has 0 aromatic carbocycles. The van der Waals surface area contributed by atoms with Crippen molar-refractivity contribution in [3.8, 4) is 0 Å². The molecule has 0 fully saturated rings. The molecule has 0 heterocycles. The van der Waals surface area contributed by atoms with Crippen LogP contribution in [0.4, 0.5) is 0 Å². The Morgan fingerprint density at radius 2 is 2.19 bits per heavy atom. The quantitative estimate of drug-likeness (QED) is 0.397. The van der Waals surface area contributed by atoms with E-state index in [4.69, 9.17) is 16.3 Å². The smallest absolute Gasteiger partial charge is 0.211 e. The zero-order valence-corrected chi connectivity index (χ0v) is 13.1. The molecule has 0 aromatic heterocycles. The van der Waals surface area contributed by atoms with Gasteiger partial charge in [-0.15, -0.1) is 0 Å². The summed E-state index contributed by atoms with van der Waals surface area (Å²) in [5, 5.41) is 3.16. The van der Waals surface area contributed by atoms with Crippen LogP contribution in [0.5, 0.6) is 0 Å². The molecule has 1 atom stereocenters. The minimum atomic E-state index is -1.95. The summed E-state index contributed by atoms with van der Waals surface area (Å²) in [6.45, 7) is 9.88. The van der Waals surface area contributed by atoms with Gasteiger partial charge < -0.3 is 9.61 Å². The highest BCUT2D eigenvalue weighted by Crippen LogP contribution is 2.55. The Bertz CT molecular complexity index is 247. The highest BCUT2D eigenvalue weighted by atomic mass is 32.9. The topological polar surface area (TPSA) is 33.6 Å². The van der Waals surface area contributed by atoms with Crippen LogP contribution in [0, 0.1) is 5.92 Å². The first-order valence-corrected chi connectivity index (χ1v) is 10.00. The summed E-state index contributed by atoms with van der Waals surface area (Å²) in [6, 6.07) is 0. The van der Waals surface area contributed by atoms with Crippen molar-refractivity contribution in [2.24, 2.45) is 10.9 Å². The van der Waals surface area contributed by atoms with Crippen molar-refractivity contribution in [2.75, 3.05) is 18.9 Å². The number of nitrogens with one attached hydrogen (secondary N) is 1. The van der Waals surface area contributed by atoms with E-state index >= 15 is 0 Å². The molecule has 0 aliphatic heterocycles. The van der Waals surface area contributed by atoms with Crippen LogP contribution in [0.2, 0.25) is 0 Å². The summed E-state index contributed by atoms with van der Waals surface area (Å²) < 4.78 is 5.63. The van der Waals surface area contributed by atoms with Crippen molar-refractivity contribution in [1.29, 1.82) is 0 Å². The minimum Gasteiger partial charge on any atom is -0.327 e. The molecule has 0 aliphatic rings. The normalized spacial score (nSPS) is 15.6. The van der Waals surface area contributed by atoms with E-state index in [0.717, 1.165) is 18.7 Å². The lowest BCUT2D eigenvalue weighted by molar-refractivity contribution is 0.383. The first-order chi connectivity index (χ1) is 7.54. The van der Waals surface area contributed by atoms with Gasteiger partial charge in [0, 0.05) is 12.3 Å². The number of hydrogen-bond acceptors (Lipinski definition) is 4. The lowest BCUT2D eigenvalue weighted by Gasteiger charge is -2.20. The molecule has 0 radical (unpaired) electrons. The largest absolute Gasteiger partial charge is 0.327 e. The van der Waals surface area contributed by atoms with Crippen molar-refractivity contribution in [3.05, 3.63) is 0 Å². The van der Waals surface area contributed by atoms with Gasteiger partial charge in [0.05, 0.1) is 12.9 Å². The number of nitrogens with zero attached hydrogens (tertiary/aromatic N) is 1. The van der Waals surface area contributed by atoms with Crippen LogP contribution in [0.1, 0.15) is 34.1 Å². The lowest BCUT2D eigenvalue weighted by atomic mass is 10.2. The third kappa shape index (κ3) is 8.57. The van der Waals surface area contributed by atoms with E-state index in [1.54, 1.807) is 17.7 Å². The average Bonchev–Trinajstić information content (AvgIpc) is 2.22. The summed E-state index contributed by atoms with van der Waals surface area (Å²) >= 11 is 7.20. The van der Waals surface area contributed by atoms with E-state index in [0.29, 0.717) is 12.5 Å². The minimum absolute atomic E-state index is 0.575. The Morgan fingerprint density at radius 1 is 1.50 bits per heavy atom. The van der Waals surface area contributed by atoms with E-state index in [1.165, 1.54) is 0 Å². The van der Waals surface area contributed by atoms with Gasteiger partial charge in [0.25, 0.3) is 0 Å². The third-order valence-corrected chi connectivity index (χ3v) is 7.28. The zero-order valence-electron chi connectivity index (χ0n) is 10.6. The maximum absolute atomic E-state index is 5.63. The van der Waals surface area contributed by atoms with Crippen molar-refractivity contribution >= 4 is 35.1 Å². The van der Waals surface area contributed by atoms with Gasteiger partial charge in [-0.05, 0) is 31.1 Å². The van der Waals surface area contributed by atoms with Gasteiger partial charge in [-0.3, -0.25) is 4.99 Å². The predicted molar refractivity (Wildman–Crippen MR) is 80.0 cm³/mol. The Balaban J connectivity index is 4.10. The van der Waals surface area contributed by atoms with Gasteiger partial charge >= 0.3 is 0 Å². The number of rotatable bonds is 9. The molecule has 1 N–H and O–H groups in total. The van der Waals surface area contributed by atoms with Crippen LogP contribution in [-0.2, 0) is 16.3 Å². The van der Waals surface area contributed by atoms with Gasteiger partial charge in [-0.1, -0.05) is 32.2 Å². The summed E-state index contributed by atoms with van der Waals surface area (Å²) in [7, 11) is 0. The fourth-order valence-corrected chi connectivity index (χ4v) is 5.38. The molecule has 0 spiro atoms. The molecule has 0 amide bonds. The molecule has 6 heteroatoms. The predicted octanol–water partition coefficient (Wildman–Crippen LogP) is 3.66. The second kappa shape index (κ2) is 9.46. The first-order valence-electron chi connectivity index (χ1n) is 5.69. The monoisotopic (exact) mass is 282 g/mol. The van der Waals surface area contributed by atoms with Crippen LogP contribution >= 0.6 is 17.0 Å². The van der Waals surface area contributed by atoms with Gasteiger partial charge in [0.2, 0.25) is 5.62 Å². The van der Waals surface area contributed by atoms with E-state index in [9.17, 15) is 0 Å². The summed E-state index contributed by atoms with van der Waals surface area (Å²) in [6.07, 6.45) is 2.83. The molecular formula is C10H23N2OPS2. The van der Waals surface area contributed by atoms with Crippen molar-refractivity contribution in [2.45, 2.75) is 34.1 Å². The zero-order chi connectivity index (χ0) is 12.4. The van der Waals surface area contributed by atoms with Crippen molar-refractivity contribution < 1.29 is 4.52 Å². The van der Waals surface area contributed by atoms with Crippen LogP contribution in [-0.4, -0.2) is 25.2 Å². The van der Waals surface area contributed by atoms with Gasteiger partial charge in [-0.25, -0.2) is 0 Å². The van der Waals surface area contributed by atoms with E-state index in [2.05, 4.69) is 30.9 Å². The molecule has 1 unspecified atom stereocenters. The van der Waals surface area contributed by atoms with Crippen molar-refractivity contribution in [1.82, 2.24) is 5.09 Å². The van der Waals surface area contributed by atoms with Crippen LogP contribution in [0.25, 0.3) is 0 Å². The highest BCUT2D eigenvalue weighted by molar-refractivity contribution is 8.68. The third-order valence-electron chi connectivity index (χ3n) is 1.54. The summed E-state index contributed by atoms with van der Waals surface area (Å²) in [5.74, 6) is 1.61. The molecule has 0 saturated carbocycles. The number of aliphatic imine (C=N–C) groups is 1. The maximum atomic E-state index is 5.63. The van der Waals surface area contributed by atoms with E-state index in [1.807, 2.05) is 6.92 Å². The SMILES string of the molecule is CCCSP(=S)(NC=NCC(C)C)OCC. The molecule has 0 aromatic rings. The molecule has 0 rings (SSSR count). The highest BCUT2D eigenvalue weighted by Gasteiger charge is 2.15. The number of hydrogen-bond donors (Lipinski definition) is 1. The van der Waals surface area contributed by atoms with Crippen LogP contribution in [0.3, 0.4) is 0 Å². The van der Waals surface area contributed by atoms with Gasteiger partial charge in [-0.2, -0.15) is 0 Å². The second-order valence-corrected chi connectivity index (χ2v) is 10.5. The van der Waals surface area contributed by atoms with Gasteiger partial charge in [0.1, 0.15) is 0 Å². The standard InChI is InChI=1S/C10H23N2OPS2/c1-5-7-16-14(15,13-6-2)12-9-11-8-10(3)4/h9-10H,5-8H2,1-4H3,(H,11,12,15). The molecule has 96 valence electrons. The van der Waals surface area contributed by atoms with Crippen molar-refractivity contribution in [3.63, 3.8) is 0 Å². The fraction of sp³-hybridized carbons (Fsp3) is 0.900. The first kappa shape index (κ1) is 16.4. The molecule has 0 aliphatic carbocycles. The Kier molecular flexibility index (Phi) is 9.71. The van der Waals surface area contributed by atoms with E-state index in [-0.39, 0.29) is 0 Å². The fourth-order valence-electron chi connectivity index (χ4n) is 0.868. The Morgan fingerprint density at radius 3 is 2.69 bits per heavy atom. The maximum Gasteiger partial charge on any atom is 0.211 e. The van der Waals surface area contributed by atoms with E-state index < -0.39 is 5.62 Å². The Labute approximate surface area is 109 Å². The lowest BCUT2D eigenvalue weighted by Crippen LogP contribution is -2.09. The van der Waals surface area contributed by atoms with Crippen LogP contribution in [0.15, 0.2) is 4.99 Å². The molecule has 16 heavy (non-hydrogen) atoms. The molecule has 0 saturated heterocycles. The van der Waals surface area contributed by atoms with Crippen LogP contribution < -0.4 is 5.09 Å². The molecule has 0 bridgehead atoms. The molecular weight excluding hydrogens is 259 g/mol. The second-order valence-electron chi connectivity index (χ2n) is 3.77. The molecule has 3 nitrogen and oxygen atoms in total. The Hall–Kier alpha value is 0.430. The average molecular weight is 282 g/mol. The summed E-state index contributed by atoms with van der Waals surface area (Å²) in [5.41, 5.74) is -1.95. The summed E-state index contributed by atoms with van der Waals surface area (Å²) in [4.78, 5) is 4.28.